The number of aromatic nitrogens is 2. The summed E-state index contributed by atoms with van der Waals surface area (Å²) in [6.07, 6.45) is 6.24. The lowest BCUT2D eigenvalue weighted by atomic mass is 10.4. The molecule has 0 bridgehead atoms. The van der Waals surface area contributed by atoms with Gasteiger partial charge in [-0.2, -0.15) is 0 Å². The van der Waals surface area contributed by atoms with Crippen molar-refractivity contribution in [2.45, 2.75) is 24.2 Å². The molecule has 0 amide bonds. The third kappa shape index (κ3) is 2.92. The molecule has 1 aliphatic carbocycles. The molecule has 1 aromatic heterocycles. The summed E-state index contributed by atoms with van der Waals surface area (Å²) < 4.78 is 5.11. The van der Waals surface area contributed by atoms with E-state index in [1.165, 1.54) is 12.8 Å². The van der Waals surface area contributed by atoms with E-state index in [4.69, 9.17) is 4.74 Å². The lowest BCUT2D eigenvalue weighted by Gasteiger charge is -2.21. The summed E-state index contributed by atoms with van der Waals surface area (Å²) in [7, 11) is 1.72. The maximum Gasteiger partial charge on any atom is 0.225 e. The van der Waals surface area contributed by atoms with Gasteiger partial charge in [0.25, 0.3) is 0 Å². The van der Waals surface area contributed by atoms with E-state index in [9.17, 15) is 0 Å². The number of alkyl halides is 1. The van der Waals surface area contributed by atoms with Crippen molar-refractivity contribution in [1.29, 1.82) is 0 Å². The number of ether oxygens (including phenoxy) is 1. The molecular formula is C11H16BrN3O. The van der Waals surface area contributed by atoms with Crippen LogP contribution in [0, 0.1) is 0 Å². The van der Waals surface area contributed by atoms with Crippen molar-refractivity contribution < 1.29 is 4.74 Å². The minimum Gasteiger partial charge on any atom is -0.383 e. The molecule has 88 valence electrons. The van der Waals surface area contributed by atoms with E-state index < -0.39 is 0 Å². The highest BCUT2D eigenvalue weighted by Crippen LogP contribution is 2.29. The Bertz CT molecular complexity index is 327. The first-order valence-corrected chi connectivity index (χ1v) is 6.59. The molecule has 5 heteroatoms. The van der Waals surface area contributed by atoms with Gasteiger partial charge in [-0.3, -0.25) is 0 Å². The third-order valence-corrected chi connectivity index (χ3v) is 3.27. The minimum atomic E-state index is 0.616. The van der Waals surface area contributed by atoms with Gasteiger partial charge in [0.15, 0.2) is 0 Å². The molecule has 1 saturated carbocycles. The summed E-state index contributed by atoms with van der Waals surface area (Å²) >= 11 is 3.39. The second-order valence-electron chi connectivity index (χ2n) is 3.94. The third-order valence-electron chi connectivity index (χ3n) is 2.63. The van der Waals surface area contributed by atoms with Gasteiger partial charge in [-0.1, -0.05) is 15.9 Å². The summed E-state index contributed by atoms with van der Waals surface area (Å²) in [6.45, 7) is 1.59. The van der Waals surface area contributed by atoms with Crippen LogP contribution in [0.1, 0.15) is 18.4 Å². The molecular weight excluding hydrogens is 270 g/mol. The molecule has 0 aromatic carbocycles. The average Bonchev–Trinajstić information content (AvgIpc) is 3.15. The normalized spacial score (nSPS) is 15.1. The van der Waals surface area contributed by atoms with Gasteiger partial charge in [0, 0.05) is 37.4 Å². The topological polar surface area (TPSA) is 38.2 Å². The highest BCUT2D eigenvalue weighted by atomic mass is 79.9. The first-order chi connectivity index (χ1) is 7.85. The Morgan fingerprint density at radius 3 is 2.62 bits per heavy atom. The quantitative estimate of drug-likeness (QED) is 0.750. The van der Waals surface area contributed by atoms with E-state index in [1.54, 1.807) is 7.11 Å². The first-order valence-electron chi connectivity index (χ1n) is 5.47. The SMILES string of the molecule is COCCN(c1ncc(CBr)cn1)C1CC1. The maximum absolute atomic E-state index is 5.11. The predicted octanol–water partition coefficient (Wildman–Crippen LogP) is 1.99. The van der Waals surface area contributed by atoms with Crippen LogP contribution in [0.2, 0.25) is 0 Å². The van der Waals surface area contributed by atoms with Gasteiger partial charge in [0.2, 0.25) is 5.95 Å². The number of hydrogen-bond acceptors (Lipinski definition) is 4. The van der Waals surface area contributed by atoms with Gasteiger partial charge in [-0.15, -0.1) is 0 Å². The number of hydrogen-bond donors (Lipinski definition) is 0. The predicted molar refractivity (Wildman–Crippen MR) is 66.9 cm³/mol. The smallest absolute Gasteiger partial charge is 0.225 e. The van der Waals surface area contributed by atoms with Crippen LogP contribution in [-0.4, -0.2) is 36.3 Å². The molecule has 2 rings (SSSR count). The summed E-state index contributed by atoms with van der Waals surface area (Å²) in [5.74, 6) is 0.823. The van der Waals surface area contributed by atoms with Crippen LogP contribution in [0.25, 0.3) is 0 Å². The molecule has 1 heterocycles. The van der Waals surface area contributed by atoms with Crippen molar-refractivity contribution in [3.63, 3.8) is 0 Å². The fourth-order valence-corrected chi connectivity index (χ4v) is 1.88. The Hall–Kier alpha value is -0.680. The van der Waals surface area contributed by atoms with Crippen molar-refractivity contribution in [3.8, 4) is 0 Å². The molecule has 1 aliphatic rings. The Labute approximate surface area is 104 Å². The largest absolute Gasteiger partial charge is 0.383 e. The van der Waals surface area contributed by atoms with Crippen molar-refractivity contribution in [2.24, 2.45) is 0 Å². The second-order valence-corrected chi connectivity index (χ2v) is 4.50. The first kappa shape index (κ1) is 11.8. The van der Waals surface area contributed by atoms with Gasteiger partial charge >= 0.3 is 0 Å². The van der Waals surface area contributed by atoms with E-state index in [0.29, 0.717) is 6.04 Å². The monoisotopic (exact) mass is 285 g/mol. The van der Waals surface area contributed by atoms with E-state index in [-0.39, 0.29) is 0 Å². The molecule has 0 unspecified atom stereocenters. The molecule has 4 nitrogen and oxygen atoms in total. The number of methoxy groups -OCH3 is 1. The molecule has 0 radical (unpaired) electrons. The Kier molecular flexibility index (Phi) is 4.12. The van der Waals surface area contributed by atoms with E-state index in [2.05, 4.69) is 30.8 Å². The van der Waals surface area contributed by atoms with Crippen LogP contribution in [0.3, 0.4) is 0 Å². The summed E-state index contributed by atoms with van der Waals surface area (Å²) in [4.78, 5) is 11.0. The van der Waals surface area contributed by atoms with Gasteiger partial charge in [-0.25, -0.2) is 9.97 Å². The number of nitrogens with zero attached hydrogens (tertiary/aromatic N) is 3. The molecule has 0 N–H and O–H groups in total. The lowest BCUT2D eigenvalue weighted by molar-refractivity contribution is 0.204. The average molecular weight is 286 g/mol. The standard InChI is InChI=1S/C11H16BrN3O/c1-16-5-4-15(10-2-3-10)11-13-7-9(6-12)8-14-11/h7-8,10H,2-6H2,1H3. The second kappa shape index (κ2) is 5.59. The van der Waals surface area contributed by atoms with Crippen LogP contribution in [0.5, 0.6) is 0 Å². The fourth-order valence-electron chi connectivity index (χ4n) is 1.59. The molecule has 0 spiro atoms. The summed E-state index contributed by atoms with van der Waals surface area (Å²) in [6, 6.07) is 0.616. The van der Waals surface area contributed by atoms with Gasteiger partial charge in [-0.05, 0) is 18.4 Å². The molecule has 0 aliphatic heterocycles. The van der Waals surface area contributed by atoms with Gasteiger partial charge < -0.3 is 9.64 Å². The molecule has 1 aromatic rings. The molecule has 0 atom stereocenters. The Balaban J connectivity index is 2.05. The highest BCUT2D eigenvalue weighted by molar-refractivity contribution is 9.08. The molecule has 1 fully saturated rings. The van der Waals surface area contributed by atoms with Gasteiger partial charge in [0.05, 0.1) is 6.61 Å². The Morgan fingerprint density at radius 2 is 2.12 bits per heavy atom. The number of anilines is 1. The minimum absolute atomic E-state index is 0.616. The van der Waals surface area contributed by atoms with E-state index in [1.807, 2.05) is 12.4 Å². The zero-order valence-electron chi connectivity index (χ0n) is 9.40. The fraction of sp³-hybridized carbons (Fsp3) is 0.636. The maximum atomic E-state index is 5.11. The zero-order chi connectivity index (χ0) is 11.4. The van der Waals surface area contributed by atoms with Crippen LogP contribution in [0.4, 0.5) is 5.95 Å². The van der Waals surface area contributed by atoms with Crippen molar-refractivity contribution in [2.75, 3.05) is 25.2 Å². The number of rotatable bonds is 6. The Morgan fingerprint density at radius 1 is 1.44 bits per heavy atom. The van der Waals surface area contributed by atoms with E-state index >= 15 is 0 Å². The van der Waals surface area contributed by atoms with Crippen molar-refractivity contribution >= 4 is 21.9 Å². The molecule has 0 saturated heterocycles. The van der Waals surface area contributed by atoms with E-state index in [0.717, 1.165) is 30.0 Å². The lowest BCUT2D eigenvalue weighted by Crippen LogP contribution is -2.31. The van der Waals surface area contributed by atoms with Crippen LogP contribution in [0.15, 0.2) is 12.4 Å². The zero-order valence-corrected chi connectivity index (χ0v) is 11.0. The van der Waals surface area contributed by atoms with Crippen molar-refractivity contribution in [1.82, 2.24) is 9.97 Å². The molecule has 16 heavy (non-hydrogen) atoms. The number of halogens is 1. The van der Waals surface area contributed by atoms with Gasteiger partial charge in [0.1, 0.15) is 0 Å². The van der Waals surface area contributed by atoms with Crippen molar-refractivity contribution in [3.05, 3.63) is 18.0 Å². The van der Waals surface area contributed by atoms with Crippen LogP contribution in [-0.2, 0) is 10.1 Å². The summed E-state index contributed by atoms with van der Waals surface area (Å²) in [5.41, 5.74) is 1.10. The highest BCUT2D eigenvalue weighted by Gasteiger charge is 2.30. The summed E-state index contributed by atoms with van der Waals surface area (Å²) in [5, 5.41) is 0.800. The van der Waals surface area contributed by atoms with Crippen LogP contribution < -0.4 is 4.90 Å². The van der Waals surface area contributed by atoms with Crippen LogP contribution >= 0.6 is 15.9 Å².